The first kappa shape index (κ1) is 25.1. The van der Waals surface area contributed by atoms with Gasteiger partial charge in [0.1, 0.15) is 16.2 Å². The lowest BCUT2D eigenvalue weighted by molar-refractivity contribution is 0.0521. The van der Waals surface area contributed by atoms with Gasteiger partial charge in [-0.3, -0.25) is 0 Å². The van der Waals surface area contributed by atoms with E-state index in [1.807, 2.05) is 12.1 Å². The van der Waals surface area contributed by atoms with Crippen LogP contribution in [0.25, 0.3) is 21.5 Å². The Balaban J connectivity index is 1.73. The van der Waals surface area contributed by atoms with Crippen molar-refractivity contribution < 1.29 is 19.1 Å². The van der Waals surface area contributed by atoms with Crippen LogP contribution in [0.2, 0.25) is 0 Å². The zero-order valence-corrected chi connectivity index (χ0v) is 21.8. The first-order chi connectivity index (χ1) is 16.8. The highest BCUT2D eigenvalue weighted by Gasteiger charge is 2.29. The molecule has 10 nitrogen and oxygen atoms in total. The molecule has 0 spiro atoms. The summed E-state index contributed by atoms with van der Waals surface area (Å²) in [5, 5.41) is 14.3. The third kappa shape index (κ3) is 5.62. The smallest absolute Gasteiger partial charge is 0.435 e. The van der Waals surface area contributed by atoms with Crippen LogP contribution in [-0.2, 0) is 9.47 Å². The number of ether oxygens (including phenoxy) is 2. The molecule has 1 amide bonds. The fraction of sp³-hybridized carbons (Fsp3) is 0.320. The number of nitrogens with zero attached hydrogens (tertiary/aromatic N) is 5. The van der Waals surface area contributed by atoms with Crippen molar-refractivity contribution >= 4 is 50.9 Å². The molecule has 188 valence electrons. The summed E-state index contributed by atoms with van der Waals surface area (Å²) in [4.78, 5) is 27.2. The van der Waals surface area contributed by atoms with Gasteiger partial charge in [-0.15, -0.1) is 10.2 Å². The van der Waals surface area contributed by atoms with E-state index in [4.69, 9.17) is 15.2 Å². The molecule has 0 aliphatic heterocycles. The first-order valence-electron chi connectivity index (χ1n) is 11.2. The van der Waals surface area contributed by atoms with Crippen molar-refractivity contribution in [3.8, 4) is 10.6 Å². The Kier molecular flexibility index (Phi) is 6.44. The summed E-state index contributed by atoms with van der Waals surface area (Å²) in [6.07, 6.45) is 0.337. The van der Waals surface area contributed by atoms with Gasteiger partial charge in [-0.2, -0.15) is 9.78 Å². The Bertz CT molecular complexity index is 1410. The number of aromatic nitrogens is 4. The summed E-state index contributed by atoms with van der Waals surface area (Å²) in [7, 11) is 0. The van der Waals surface area contributed by atoms with E-state index in [0.717, 1.165) is 5.56 Å². The lowest BCUT2D eigenvalue weighted by Gasteiger charge is -2.25. The highest BCUT2D eigenvalue weighted by molar-refractivity contribution is 7.18. The molecule has 2 aromatic heterocycles. The number of hydrogen-bond donors (Lipinski definition) is 1. The predicted molar refractivity (Wildman–Crippen MR) is 139 cm³/mol. The van der Waals surface area contributed by atoms with Crippen LogP contribution in [0, 0.1) is 0 Å². The number of hydrogen-bond acceptors (Lipinski definition) is 9. The van der Waals surface area contributed by atoms with E-state index in [2.05, 4.69) is 15.3 Å². The molecule has 0 aliphatic rings. The monoisotopic (exact) mass is 508 g/mol. The van der Waals surface area contributed by atoms with E-state index in [-0.39, 0.29) is 0 Å². The molecule has 0 bridgehead atoms. The van der Waals surface area contributed by atoms with Crippen molar-refractivity contribution in [3.05, 3.63) is 48.7 Å². The van der Waals surface area contributed by atoms with Gasteiger partial charge in [-0.1, -0.05) is 11.3 Å². The number of carbonyl (C=O) groups excluding carboxylic acids is 2. The van der Waals surface area contributed by atoms with E-state index in [1.54, 1.807) is 71.9 Å². The van der Waals surface area contributed by atoms with Gasteiger partial charge in [-0.25, -0.2) is 14.5 Å². The van der Waals surface area contributed by atoms with Crippen molar-refractivity contribution in [1.82, 2.24) is 20.0 Å². The summed E-state index contributed by atoms with van der Waals surface area (Å²) in [5.74, 6) is 0. The second kappa shape index (κ2) is 9.23. The molecule has 2 aromatic carbocycles. The van der Waals surface area contributed by atoms with E-state index in [9.17, 15) is 9.59 Å². The third-order valence-corrected chi connectivity index (χ3v) is 5.67. The summed E-state index contributed by atoms with van der Waals surface area (Å²) in [5.41, 5.74) is 6.88. The minimum absolute atomic E-state index is 0.329. The van der Waals surface area contributed by atoms with Crippen LogP contribution in [0.5, 0.6) is 0 Å². The maximum absolute atomic E-state index is 13.3. The van der Waals surface area contributed by atoms with Gasteiger partial charge in [-0.05, 0) is 84.0 Å². The summed E-state index contributed by atoms with van der Waals surface area (Å²) < 4.78 is 12.3. The number of nitrogens with two attached hydrogens (primary N) is 1. The van der Waals surface area contributed by atoms with Gasteiger partial charge >= 0.3 is 12.2 Å². The van der Waals surface area contributed by atoms with E-state index < -0.39 is 23.4 Å². The number of anilines is 3. The molecule has 4 aromatic rings. The number of carbonyl (C=O) groups is 2. The Morgan fingerprint density at radius 2 is 1.61 bits per heavy atom. The SMILES string of the molecule is CC(C)(C)OC(=O)N(c1ccc2c(cnn2C(=O)OC(C)(C)C)c1)c1nnc(-c2ccc(N)cc2)s1. The molecule has 2 heterocycles. The van der Waals surface area contributed by atoms with Crippen molar-refractivity contribution in [1.29, 1.82) is 0 Å². The van der Waals surface area contributed by atoms with Crippen molar-refractivity contribution in [2.24, 2.45) is 0 Å². The molecule has 4 rings (SSSR count). The number of rotatable bonds is 3. The maximum Gasteiger partial charge on any atom is 0.435 e. The Morgan fingerprint density at radius 3 is 2.25 bits per heavy atom. The zero-order valence-electron chi connectivity index (χ0n) is 21.0. The minimum atomic E-state index is -0.731. The quantitative estimate of drug-likeness (QED) is 0.334. The molecule has 0 saturated carbocycles. The van der Waals surface area contributed by atoms with Crippen LogP contribution in [-0.4, -0.2) is 43.4 Å². The molecule has 0 unspecified atom stereocenters. The standard InChI is InChI=1S/C25H28N6O4S/c1-24(2,3)34-22(32)30(21-29-28-20(36-21)15-7-9-17(26)10-8-15)18-11-12-19-16(13-18)14-27-31(19)23(33)35-25(4,5)6/h7-14H,26H2,1-6H3. The fourth-order valence-corrected chi connectivity index (χ4v) is 4.12. The third-order valence-electron chi connectivity index (χ3n) is 4.72. The molecule has 2 N–H and O–H groups in total. The fourth-order valence-electron chi connectivity index (χ4n) is 3.26. The Morgan fingerprint density at radius 1 is 0.944 bits per heavy atom. The average molecular weight is 509 g/mol. The lowest BCUT2D eigenvalue weighted by Crippen LogP contribution is -2.33. The molecule has 0 saturated heterocycles. The molecule has 11 heteroatoms. The van der Waals surface area contributed by atoms with Gasteiger partial charge in [0.15, 0.2) is 0 Å². The van der Waals surface area contributed by atoms with Crippen LogP contribution in [0.4, 0.5) is 26.1 Å². The van der Waals surface area contributed by atoms with Crippen molar-refractivity contribution in [2.45, 2.75) is 52.7 Å². The highest BCUT2D eigenvalue weighted by atomic mass is 32.1. The Labute approximate surface area is 212 Å². The zero-order chi connectivity index (χ0) is 26.3. The molecular weight excluding hydrogens is 480 g/mol. The molecule has 0 aliphatic carbocycles. The minimum Gasteiger partial charge on any atom is -0.443 e. The summed E-state index contributed by atoms with van der Waals surface area (Å²) >= 11 is 1.24. The number of nitrogen functional groups attached to an aromatic ring is 1. The van der Waals surface area contributed by atoms with E-state index >= 15 is 0 Å². The van der Waals surface area contributed by atoms with Crippen LogP contribution in [0.15, 0.2) is 48.7 Å². The second-order valence-electron chi connectivity index (χ2n) is 10.1. The lowest BCUT2D eigenvalue weighted by atomic mass is 10.2. The topological polar surface area (TPSA) is 125 Å². The van der Waals surface area contributed by atoms with Gasteiger partial charge in [0.25, 0.3) is 0 Å². The van der Waals surface area contributed by atoms with Crippen LogP contribution in [0.3, 0.4) is 0 Å². The molecule has 0 fully saturated rings. The van der Waals surface area contributed by atoms with Crippen LogP contribution < -0.4 is 10.6 Å². The van der Waals surface area contributed by atoms with Crippen molar-refractivity contribution in [2.75, 3.05) is 10.6 Å². The van der Waals surface area contributed by atoms with Gasteiger partial charge in [0, 0.05) is 16.6 Å². The molecule has 0 radical (unpaired) electrons. The van der Waals surface area contributed by atoms with Crippen LogP contribution >= 0.6 is 11.3 Å². The molecule has 36 heavy (non-hydrogen) atoms. The number of amides is 1. The Hall–Kier alpha value is -3.99. The first-order valence-corrected chi connectivity index (χ1v) is 12.1. The summed E-state index contributed by atoms with van der Waals surface area (Å²) in [6, 6.07) is 12.4. The average Bonchev–Trinajstić information content (AvgIpc) is 3.39. The van der Waals surface area contributed by atoms with Gasteiger partial charge in [0.05, 0.1) is 17.4 Å². The van der Waals surface area contributed by atoms with E-state index in [1.165, 1.54) is 27.1 Å². The largest absolute Gasteiger partial charge is 0.443 e. The summed E-state index contributed by atoms with van der Waals surface area (Å²) in [6.45, 7) is 10.7. The highest BCUT2D eigenvalue weighted by Crippen LogP contribution is 2.35. The normalized spacial score (nSPS) is 11.9. The van der Waals surface area contributed by atoms with Crippen molar-refractivity contribution in [3.63, 3.8) is 0 Å². The second-order valence-corrected chi connectivity index (χ2v) is 11.1. The predicted octanol–water partition coefficient (Wildman–Crippen LogP) is 5.99. The van der Waals surface area contributed by atoms with Gasteiger partial charge in [0.2, 0.25) is 5.13 Å². The maximum atomic E-state index is 13.3. The number of fused-ring (bicyclic) bond motifs is 1. The molecule has 0 atom stereocenters. The van der Waals surface area contributed by atoms with E-state index in [0.29, 0.717) is 32.4 Å². The van der Waals surface area contributed by atoms with Crippen LogP contribution in [0.1, 0.15) is 41.5 Å². The molecular formula is C25H28N6O4S. The van der Waals surface area contributed by atoms with Gasteiger partial charge < -0.3 is 15.2 Å². The number of benzene rings is 2.